The van der Waals surface area contributed by atoms with Crippen LogP contribution in [0.15, 0.2) is 122 Å². The van der Waals surface area contributed by atoms with Crippen molar-refractivity contribution in [2.24, 2.45) is 11.3 Å². The molecule has 5 N–H and O–H groups in total. The zero-order chi connectivity index (χ0) is 76.9. The minimum atomic E-state index is -1.51. The molecule has 1 aliphatic carbocycles. The van der Waals surface area contributed by atoms with Crippen molar-refractivity contribution in [1.29, 1.82) is 0 Å². The number of methoxy groups -OCH3 is 3. The lowest BCUT2D eigenvalue weighted by Gasteiger charge is -2.31. The third kappa shape index (κ3) is 16.3. The zero-order valence-corrected chi connectivity index (χ0v) is 62.3. The van der Waals surface area contributed by atoms with Crippen LogP contribution < -0.4 is 54.8 Å². The number of benzene rings is 5. The lowest BCUT2D eigenvalue weighted by Crippen LogP contribution is -2.54. The van der Waals surface area contributed by atoms with Gasteiger partial charge in [-0.2, -0.15) is 0 Å². The second kappa shape index (κ2) is 32.4. The first kappa shape index (κ1) is 75.6. The van der Waals surface area contributed by atoms with E-state index in [9.17, 15) is 48.3 Å². The molecule has 8 amide bonds. The molecule has 1 saturated carbocycles. The van der Waals surface area contributed by atoms with E-state index in [1.165, 1.54) is 39.5 Å². The van der Waals surface area contributed by atoms with E-state index in [-0.39, 0.29) is 109 Å². The number of pyridine rings is 1. The number of ether oxygens (including phenoxy) is 6. The molecular weight excluding hydrogens is 1400 g/mol. The molecule has 570 valence electrons. The fourth-order valence-electron chi connectivity index (χ4n) is 14.9. The Morgan fingerprint density at radius 1 is 0.697 bits per heavy atom. The number of fused-ring (bicyclic) bond motifs is 9. The monoisotopic (exact) mass is 1490 g/mol. The van der Waals surface area contributed by atoms with Crippen LogP contribution in [0.4, 0.5) is 16.2 Å². The molecule has 28 heteroatoms. The summed E-state index contributed by atoms with van der Waals surface area (Å²) in [6.07, 6.45) is 5.13. The van der Waals surface area contributed by atoms with E-state index in [4.69, 9.17) is 28.4 Å². The molecule has 2 aromatic heterocycles. The summed E-state index contributed by atoms with van der Waals surface area (Å²) in [5, 5.41) is 31.5. The molecule has 28 nitrogen and oxygen atoms in total. The number of aromatic nitrogens is 4. The Morgan fingerprint density at radius 3 is 2.09 bits per heavy atom. The zero-order valence-electron chi connectivity index (χ0n) is 62.3. The highest BCUT2D eigenvalue weighted by atomic mass is 16.6. The standard InChI is InChI=1S/C81H90N12O16/c1-46(2)73(86-71(97)41-84-70(96)40-83-69(95)26-27-72(98)90-42-52-14-9-10-15-57(52)75-74(87-88-93(75)47(3)4)58-16-11-12-17-61(58)90)76(99)85-48(5)64(94)32-49-18-22-54(82-39-49)44-109-80(103)92-62-37-68(66(106-8)36-60(62)78(101)91-45-81(28-29-81)38-63(91)79(92)102)108-31-13-30-107-67-34-51-19-23-55-33-53(50-20-24-56(104-6)25-21-50)43-89(55)77(100)59(51)35-65(67)105-7/h9-12,14-18,20-22,24-25,34-37,39,43,46-48,55,63,73,79,102H,13,19,23,26-33,38,40-42,44-45H2,1-8H3,(H,83,95)(H,84,96)(H,85,99)(H,86,97)/t48-,55+,63-,73-,79?/m0/s1. The largest absolute Gasteiger partial charge is 0.497 e. The molecule has 109 heavy (non-hydrogen) atoms. The molecule has 7 aromatic rings. The number of hydrogen-bond donors (Lipinski definition) is 5. The molecule has 1 saturated heterocycles. The number of rotatable bonds is 27. The number of nitrogens with zero attached hydrogens (tertiary/aromatic N) is 8. The van der Waals surface area contributed by atoms with Gasteiger partial charge in [0.15, 0.2) is 35.0 Å². The van der Waals surface area contributed by atoms with Crippen molar-refractivity contribution in [3.63, 3.8) is 0 Å². The van der Waals surface area contributed by atoms with Crippen LogP contribution >= 0.6 is 0 Å². The molecule has 5 atom stereocenters. The van der Waals surface area contributed by atoms with Crippen LogP contribution in [0.25, 0.3) is 28.1 Å². The van der Waals surface area contributed by atoms with Crippen LogP contribution in [0, 0.1) is 11.3 Å². The SMILES string of the molecule is COc1ccc(C2=CN3C(=O)c4cc(OC)c(OCCCOc5cc6c(cc5OC)C(=O)N5CC7(CC7)C[C@H]5C(O)N6C(=O)OCc5ccc(CC(=O)[C@H](C)NC(=O)[C@@H](NC(=O)CNC(=O)CNC(=O)CCC(=O)N6Cc7ccccc7-c7c(nnn7C(C)C)-c7ccccc76)C(C)C)cn5)cc4CC[C@@H]3C2)cc1. The number of ketones is 1. The number of amides is 8. The molecule has 0 bridgehead atoms. The first-order valence-corrected chi connectivity index (χ1v) is 36.9. The molecule has 5 aromatic carbocycles. The number of hydrogen-bond acceptors (Lipinski definition) is 19. The summed E-state index contributed by atoms with van der Waals surface area (Å²) >= 11 is 0. The van der Waals surface area contributed by atoms with Crippen LogP contribution in [0.3, 0.4) is 0 Å². The second-order valence-corrected chi connectivity index (χ2v) is 29.1. The lowest BCUT2D eigenvalue weighted by atomic mass is 9.95. The van der Waals surface area contributed by atoms with Gasteiger partial charge < -0.3 is 69.5 Å². The van der Waals surface area contributed by atoms with Gasteiger partial charge in [0.25, 0.3) is 11.8 Å². The van der Waals surface area contributed by atoms with Gasteiger partial charge in [-0.1, -0.05) is 79.7 Å². The quantitative estimate of drug-likeness (QED) is 0.0301. The second-order valence-electron chi connectivity index (χ2n) is 29.1. The predicted octanol–water partition coefficient (Wildman–Crippen LogP) is 8.45. The smallest absolute Gasteiger partial charge is 0.416 e. The maximum atomic E-state index is 14.5. The third-order valence-electron chi connectivity index (χ3n) is 21.1. The van der Waals surface area contributed by atoms with Gasteiger partial charge in [0, 0.05) is 79.5 Å². The van der Waals surface area contributed by atoms with Crippen LogP contribution in [-0.2, 0) is 59.5 Å². The topological polar surface area (TPSA) is 334 Å². The number of para-hydroxylation sites is 1. The van der Waals surface area contributed by atoms with Crippen LogP contribution in [-0.4, -0.2) is 173 Å². The van der Waals surface area contributed by atoms with Crippen molar-refractivity contribution in [2.45, 2.75) is 148 Å². The number of carbonyl (C=O) groups is 9. The van der Waals surface area contributed by atoms with Gasteiger partial charge in [0.1, 0.15) is 24.1 Å². The normalized spacial score (nSPS) is 17.6. The maximum absolute atomic E-state index is 14.5. The summed E-state index contributed by atoms with van der Waals surface area (Å²) in [6.45, 7) is 8.53. The lowest BCUT2D eigenvalue weighted by molar-refractivity contribution is -0.132. The van der Waals surface area contributed by atoms with Crippen LogP contribution in [0.5, 0.6) is 28.7 Å². The van der Waals surface area contributed by atoms with Crippen molar-refractivity contribution >= 4 is 70.2 Å². The summed E-state index contributed by atoms with van der Waals surface area (Å²) in [6, 6.07) is 30.0. The van der Waals surface area contributed by atoms with E-state index in [1.54, 1.807) is 49.0 Å². The van der Waals surface area contributed by atoms with Crippen LogP contribution in [0.2, 0.25) is 0 Å². The van der Waals surface area contributed by atoms with Crippen molar-refractivity contribution in [3.8, 4) is 51.3 Å². The first-order valence-electron chi connectivity index (χ1n) is 36.9. The van der Waals surface area contributed by atoms with E-state index in [1.807, 2.05) is 108 Å². The van der Waals surface area contributed by atoms with Crippen molar-refractivity contribution in [3.05, 3.63) is 161 Å². The third-order valence-corrected chi connectivity index (χ3v) is 21.1. The van der Waals surface area contributed by atoms with Gasteiger partial charge in [0.05, 0.1) is 94.6 Å². The number of nitrogens with one attached hydrogen (secondary N) is 4. The molecule has 0 radical (unpaired) electrons. The van der Waals surface area contributed by atoms with Gasteiger partial charge in [0.2, 0.25) is 29.5 Å². The fraction of sp³-hybridized carbons (Fsp3) is 0.407. The highest BCUT2D eigenvalue weighted by Crippen LogP contribution is 2.57. The Bertz CT molecular complexity index is 4710. The van der Waals surface area contributed by atoms with E-state index < -0.39 is 73.1 Å². The average molecular weight is 1490 g/mol. The van der Waals surface area contributed by atoms with Gasteiger partial charge in [-0.25, -0.2) is 14.4 Å². The molecule has 5 aliphatic heterocycles. The van der Waals surface area contributed by atoms with E-state index in [0.717, 1.165) is 75.4 Å². The molecule has 13 rings (SSSR count). The van der Waals surface area contributed by atoms with Gasteiger partial charge >= 0.3 is 6.09 Å². The van der Waals surface area contributed by atoms with Gasteiger partial charge in [-0.15, -0.1) is 5.10 Å². The Labute approximate surface area is 630 Å². The predicted molar refractivity (Wildman–Crippen MR) is 400 cm³/mol. The average Bonchev–Trinajstić information content (AvgIpc) is 1.82. The van der Waals surface area contributed by atoms with Crippen LogP contribution in [0.1, 0.15) is 141 Å². The minimum absolute atomic E-state index is 0.00105. The van der Waals surface area contributed by atoms with Gasteiger partial charge in [-0.3, -0.25) is 43.3 Å². The number of Topliss-reactive ketones (excluding diaryl/α,β-unsaturated/α-hetero) is 1. The van der Waals surface area contributed by atoms with E-state index in [0.29, 0.717) is 65.5 Å². The summed E-state index contributed by atoms with van der Waals surface area (Å²) in [5.74, 6) is -2.16. The molecule has 1 unspecified atom stereocenters. The Balaban J connectivity index is 0.569. The molecule has 6 aliphatic rings. The Kier molecular flexibility index (Phi) is 22.5. The Hall–Kier alpha value is -11.7. The number of aryl methyl sites for hydroxylation is 1. The van der Waals surface area contributed by atoms with E-state index >= 15 is 0 Å². The van der Waals surface area contributed by atoms with Gasteiger partial charge in [-0.05, 0) is 141 Å². The number of carbonyl (C=O) groups excluding carboxylic acids is 9. The summed E-state index contributed by atoms with van der Waals surface area (Å²) < 4.78 is 37.2. The highest BCUT2D eigenvalue weighted by molar-refractivity contribution is 6.07. The number of aliphatic hydroxyl groups is 1. The summed E-state index contributed by atoms with van der Waals surface area (Å²) in [5.41, 5.74) is 8.91. The molecule has 2 fully saturated rings. The molecular formula is C81H90N12O16. The Morgan fingerprint density at radius 2 is 1.39 bits per heavy atom. The van der Waals surface area contributed by atoms with Crippen molar-refractivity contribution in [2.75, 3.05) is 64.0 Å². The number of aliphatic hydroxyl groups excluding tert-OH is 1. The maximum Gasteiger partial charge on any atom is 0.416 e. The summed E-state index contributed by atoms with van der Waals surface area (Å²) in [4.78, 5) is 134. The summed E-state index contributed by atoms with van der Waals surface area (Å²) in [7, 11) is 4.60. The van der Waals surface area contributed by atoms with Crippen molar-refractivity contribution < 1.29 is 76.7 Å². The van der Waals surface area contributed by atoms with Crippen molar-refractivity contribution in [1.82, 2.24) is 51.0 Å². The minimum Gasteiger partial charge on any atom is -0.497 e. The highest BCUT2D eigenvalue weighted by Gasteiger charge is 2.58. The first-order chi connectivity index (χ1) is 52.5. The fourth-order valence-corrected chi connectivity index (χ4v) is 14.9. The van der Waals surface area contributed by atoms with E-state index in [2.05, 4.69) is 36.6 Å². The number of anilines is 2. The molecule has 7 heterocycles. The molecule has 1 spiro atoms.